The second-order valence-corrected chi connectivity index (χ2v) is 3.17. The Morgan fingerprint density at radius 1 is 1.50 bits per heavy atom. The van der Waals surface area contributed by atoms with Gasteiger partial charge in [0.15, 0.2) is 0 Å². The topological polar surface area (TPSA) is 83.5 Å². The summed E-state index contributed by atoms with van der Waals surface area (Å²) in [5, 5.41) is 17.9. The van der Waals surface area contributed by atoms with Crippen LogP contribution in [0.1, 0.15) is 28.4 Å². The van der Waals surface area contributed by atoms with E-state index >= 15 is 0 Å². The number of alkyl halides is 1. The van der Waals surface area contributed by atoms with Crippen molar-refractivity contribution in [1.82, 2.24) is 0 Å². The molecule has 1 rings (SSSR count). The largest absolute Gasteiger partial charge is 0.507 e. The van der Waals surface area contributed by atoms with E-state index in [0.717, 1.165) is 0 Å². The smallest absolute Gasteiger partial charge is 0.339 e. The van der Waals surface area contributed by atoms with Crippen LogP contribution in [0.15, 0.2) is 18.2 Å². The van der Waals surface area contributed by atoms with Crippen LogP contribution >= 0.6 is 12.4 Å². The number of carboxylic acids is 1. The van der Waals surface area contributed by atoms with Crippen molar-refractivity contribution in [1.29, 1.82) is 0 Å². The lowest BCUT2D eigenvalue weighted by Crippen LogP contribution is -2.12. The van der Waals surface area contributed by atoms with Gasteiger partial charge in [0.05, 0.1) is 6.67 Å². The van der Waals surface area contributed by atoms with E-state index < -0.39 is 18.7 Å². The molecule has 6 heteroatoms. The van der Waals surface area contributed by atoms with Crippen LogP contribution in [0, 0.1) is 0 Å². The molecule has 0 bridgehead atoms. The summed E-state index contributed by atoms with van der Waals surface area (Å²) in [6, 6.07) is 3.45. The summed E-state index contributed by atoms with van der Waals surface area (Å²) in [7, 11) is 0. The first-order valence-corrected chi connectivity index (χ1v) is 4.44. The molecular weight excluding hydrogens is 237 g/mol. The number of hydrogen-bond donors (Lipinski definition) is 3. The third kappa shape index (κ3) is 3.36. The van der Waals surface area contributed by atoms with E-state index in [1.54, 1.807) is 0 Å². The molecule has 0 spiro atoms. The first-order valence-electron chi connectivity index (χ1n) is 4.44. The third-order valence-electron chi connectivity index (χ3n) is 2.10. The number of aromatic hydroxyl groups is 1. The van der Waals surface area contributed by atoms with Crippen LogP contribution in [0.2, 0.25) is 0 Å². The number of hydrogen-bond acceptors (Lipinski definition) is 3. The molecule has 0 unspecified atom stereocenters. The molecule has 0 fully saturated rings. The van der Waals surface area contributed by atoms with Crippen molar-refractivity contribution < 1.29 is 19.4 Å². The second kappa shape index (κ2) is 6.30. The van der Waals surface area contributed by atoms with E-state index in [4.69, 9.17) is 10.8 Å². The summed E-state index contributed by atoms with van der Waals surface area (Å²) in [6.45, 7) is -0.565. The van der Waals surface area contributed by atoms with Gasteiger partial charge in [-0.3, -0.25) is 4.39 Å². The number of halogens is 2. The van der Waals surface area contributed by atoms with Crippen molar-refractivity contribution in [2.75, 3.05) is 6.67 Å². The number of rotatable bonds is 4. The summed E-state index contributed by atoms with van der Waals surface area (Å²) < 4.78 is 12.0. The number of carbonyl (C=O) groups is 1. The van der Waals surface area contributed by atoms with Gasteiger partial charge < -0.3 is 15.9 Å². The Morgan fingerprint density at radius 3 is 2.62 bits per heavy atom. The van der Waals surface area contributed by atoms with Gasteiger partial charge in [0, 0.05) is 6.04 Å². The highest BCUT2D eigenvalue weighted by Crippen LogP contribution is 2.22. The van der Waals surface area contributed by atoms with Crippen molar-refractivity contribution in [2.24, 2.45) is 5.73 Å². The maximum absolute atomic E-state index is 12.0. The highest BCUT2D eigenvalue weighted by atomic mass is 35.5. The summed E-state index contributed by atoms with van der Waals surface area (Å²) in [5.74, 6) is -1.56. The van der Waals surface area contributed by atoms with Crippen molar-refractivity contribution >= 4 is 18.4 Å². The van der Waals surface area contributed by atoms with Gasteiger partial charge >= 0.3 is 5.97 Å². The predicted octanol–water partition coefficient (Wildman–Crippen LogP) is 1.87. The van der Waals surface area contributed by atoms with Gasteiger partial charge in [-0.1, -0.05) is 6.07 Å². The van der Waals surface area contributed by atoms with E-state index in [0.29, 0.717) is 5.56 Å². The van der Waals surface area contributed by atoms with Crippen LogP contribution in [0.25, 0.3) is 0 Å². The fourth-order valence-corrected chi connectivity index (χ4v) is 1.24. The molecule has 0 aliphatic rings. The van der Waals surface area contributed by atoms with E-state index in [2.05, 4.69) is 0 Å². The monoisotopic (exact) mass is 249 g/mol. The minimum absolute atomic E-state index is 0. The molecule has 0 saturated carbocycles. The zero-order valence-electron chi connectivity index (χ0n) is 8.39. The Hall–Kier alpha value is -1.33. The molecule has 1 atom stereocenters. The van der Waals surface area contributed by atoms with Crippen molar-refractivity contribution in [2.45, 2.75) is 12.5 Å². The quantitative estimate of drug-likeness (QED) is 0.761. The molecule has 0 aliphatic heterocycles. The van der Waals surface area contributed by atoms with Gasteiger partial charge in [0.2, 0.25) is 0 Å². The van der Waals surface area contributed by atoms with Crippen LogP contribution < -0.4 is 5.73 Å². The fraction of sp³-hybridized carbons (Fsp3) is 0.300. The molecule has 16 heavy (non-hydrogen) atoms. The lowest BCUT2D eigenvalue weighted by atomic mass is 10.0. The average molecular weight is 250 g/mol. The SMILES string of the molecule is Cl.N[C@@H](CCF)c1ccc(O)c(C(=O)O)c1. The van der Waals surface area contributed by atoms with Gasteiger partial charge in [-0.15, -0.1) is 12.4 Å². The average Bonchev–Trinajstić information content (AvgIpc) is 2.18. The summed E-state index contributed by atoms with van der Waals surface area (Å²) in [5.41, 5.74) is 5.89. The molecule has 1 aromatic rings. The van der Waals surface area contributed by atoms with Crippen molar-refractivity contribution in [3.8, 4) is 5.75 Å². The summed E-state index contributed by atoms with van der Waals surface area (Å²) in [6.07, 6.45) is 0.129. The van der Waals surface area contributed by atoms with Gasteiger partial charge in [-0.2, -0.15) is 0 Å². The van der Waals surface area contributed by atoms with E-state index in [-0.39, 0.29) is 30.1 Å². The van der Waals surface area contributed by atoms with Gasteiger partial charge in [0.1, 0.15) is 11.3 Å². The Balaban J connectivity index is 0.00000225. The number of phenols is 1. The van der Waals surface area contributed by atoms with E-state index in [1.807, 2.05) is 0 Å². The summed E-state index contributed by atoms with van der Waals surface area (Å²) >= 11 is 0. The molecule has 0 aromatic heterocycles. The van der Waals surface area contributed by atoms with Crippen LogP contribution in [-0.2, 0) is 0 Å². The molecule has 0 heterocycles. The molecule has 0 aliphatic carbocycles. The van der Waals surface area contributed by atoms with Gasteiger partial charge in [-0.05, 0) is 24.1 Å². The maximum atomic E-state index is 12.0. The molecule has 1 aromatic carbocycles. The fourth-order valence-electron chi connectivity index (χ4n) is 1.24. The minimum Gasteiger partial charge on any atom is -0.507 e. The Morgan fingerprint density at radius 2 is 2.12 bits per heavy atom. The Labute approximate surface area is 98.3 Å². The lowest BCUT2D eigenvalue weighted by molar-refractivity contribution is 0.0693. The van der Waals surface area contributed by atoms with Gasteiger partial charge in [0.25, 0.3) is 0 Å². The van der Waals surface area contributed by atoms with Crippen molar-refractivity contribution in [3.63, 3.8) is 0 Å². The standard InChI is InChI=1S/C10H12FNO3.ClH/c11-4-3-8(12)6-1-2-9(13)7(5-6)10(14)15;/h1-2,5,8,13H,3-4,12H2,(H,14,15);1H/t8-;/m0./s1. The van der Waals surface area contributed by atoms with Crippen LogP contribution in [-0.4, -0.2) is 22.9 Å². The Kier molecular flexibility index (Phi) is 5.77. The Bertz CT molecular complexity index is 373. The molecule has 4 N–H and O–H groups in total. The van der Waals surface area contributed by atoms with Crippen LogP contribution in [0.3, 0.4) is 0 Å². The zero-order chi connectivity index (χ0) is 11.4. The molecule has 0 amide bonds. The highest BCUT2D eigenvalue weighted by molar-refractivity contribution is 5.90. The first-order chi connectivity index (χ1) is 7.06. The van der Waals surface area contributed by atoms with Crippen molar-refractivity contribution in [3.05, 3.63) is 29.3 Å². The number of benzene rings is 1. The molecule has 4 nitrogen and oxygen atoms in total. The lowest BCUT2D eigenvalue weighted by Gasteiger charge is -2.11. The van der Waals surface area contributed by atoms with E-state index in [1.165, 1.54) is 18.2 Å². The number of aromatic carboxylic acids is 1. The predicted molar refractivity (Wildman–Crippen MR) is 59.8 cm³/mol. The highest BCUT2D eigenvalue weighted by Gasteiger charge is 2.13. The zero-order valence-corrected chi connectivity index (χ0v) is 9.21. The molecule has 0 radical (unpaired) electrons. The summed E-state index contributed by atoms with van der Waals surface area (Å²) in [4.78, 5) is 10.7. The third-order valence-corrected chi connectivity index (χ3v) is 2.10. The normalized spacial score (nSPS) is 11.6. The second-order valence-electron chi connectivity index (χ2n) is 3.17. The first kappa shape index (κ1) is 14.7. The maximum Gasteiger partial charge on any atom is 0.339 e. The molecule has 0 saturated heterocycles. The number of nitrogens with two attached hydrogens (primary N) is 1. The number of carboxylic acid groups (broad SMARTS) is 1. The van der Waals surface area contributed by atoms with Crippen LogP contribution in [0.5, 0.6) is 5.75 Å². The molecule has 90 valence electrons. The van der Waals surface area contributed by atoms with Crippen LogP contribution in [0.4, 0.5) is 4.39 Å². The van der Waals surface area contributed by atoms with E-state index in [9.17, 15) is 14.3 Å². The minimum atomic E-state index is -1.23. The molecular formula is C10H13ClFNO3. The van der Waals surface area contributed by atoms with Gasteiger partial charge in [-0.25, -0.2) is 4.79 Å².